The van der Waals surface area contributed by atoms with Gasteiger partial charge < -0.3 is 15.0 Å². The Labute approximate surface area is 231 Å². The summed E-state index contributed by atoms with van der Waals surface area (Å²) in [6, 6.07) is 19.1. The summed E-state index contributed by atoms with van der Waals surface area (Å²) in [6.07, 6.45) is 1.77. The largest absolute Gasteiger partial charge is 0.481 e. The fraction of sp³-hybridized carbons (Fsp3) is 0.258. The molecule has 4 rings (SSSR count). The van der Waals surface area contributed by atoms with Gasteiger partial charge in [0.25, 0.3) is 5.91 Å². The van der Waals surface area contributed by atoms with E-state index in [9.17, 15) is 18.8 Å². The van der Waals surface area contributed by atoms with Crippen LogP contribution >= 0.6 is 11.6 Å². The van der Waals surface area contributed by atoms with Crippen molar-refractivity contribution in [1.29, 1.82) is 0 Å². The van der Waals surface area contributed by atoms with E-state index in [0.29, 0.717) is 40.4 Å². The lowest BCUT2D eigenvalue weighted by atomic mass is 9.89. The van der Waals surface area contributed by atoms with Gasteiger partial charge >= 0.3 is 5.97 Å². The number of carboxylic acids is 1. The van der Waals surface area contributed by atoms with Crippen LogP contribution in [0, 0.1) is 18.7 Å². The van der Waals surface area contributed by atoms with E-state index in [2.05, 4.69) is 5.32 Å². The van der Waals surface area contributed by atoms with Crippen LogP contribution in [0.5, 0.6) is 0 Å². The second-order valence-corrected chi connectivity index (χ2v) is 10.1. The van der Waals surface area contributed by atoms with Gasteiger partial charge in [0.05, 0.1) is 17.6 Å². The van der Waals surface area contributed by atoms with Crippen molar-refractivity contribution >= 4 is 40.2 Å². The number of carboxylic acid groups (broad SMARTS) is 1. The molecule has 202 valence electrons. The number of nitrogens with zero attached hydrogens (tertiary/aromatic N) is 1. The number of benzene rings is 3. The number of carbonyl (C=O) groups is 3. The predicted octanol–water partition coefficient (Wildman–Crippen LogP) is 6.78. The molecule has 4 aromatic rings. The third-order valence-corrected chi connectivity index (χ3v) is 7.00. The first-order valence-electron chi connectivity index (χ1n) is 12.9. The van der Waals surface area contributed by atoms with Crippen LogP contribution in [-0.2, 0) is 11.2 Å². The Balaban J connectivity index is 1.63. The zero-order valence-electron chi connectivity index (χ0n) is 21.8. The molecule has 0 bridgehead atoms. The van der Waals surface area contributed by atoms with Gasteiger partial charge in [-0.2, -0.15) is 0 Å². The van der Waals surface area contributed by atoms with E-state index >= 15 is 0 Å². The van der Waals surface area contributed by atoms with Gasteiger partial charge in [-0.1, -0.05) is 43.1 Å². The van der Waals surface area contributed by atoms with Crippen molar-refractivity contribution in [2.24, 2.45) is 5.92 Å². The molecule has 3 aromatic carbocycles. The van der Waals surface area contributed by atoms with E-state index < -0.39 is 5.97 Å². The lowest BCUT2D eigenvalue weighted by Crippen LogP contribution is -2.26. The number of halogens is 2. The Morgan fingerprint density at radius 3 is 2.44 bits per heavy atom. The Bertz CT molecular complexity index is 1530. The van der Waals surface area contributed by atoms with E-state index in [1.54, 1.807) is 47.9 Å². The number of rotatable bonds is 11. The number of fused-ring (bicyclic) bond motifs is 1. The van der Waals surface area contributed by atoms with Crippen molar-refractivity contribution in [2.75, 3.05) is 6.54 Å². The van der Waals surface area contributed by atoms with Crippen molar-refractivity contribution in [3.8, 4) is 5.69 Å². The fourth-order valence-corrected chi connectivity index (χ4v) is 4.89. The molecule has 2 N–H and O–H groups in total. The maximum atomic E-state index is 14.6. The van der Waals surface area contributed by atoms with Gasteiger partial charge in [0.15, 0.2) is 5.78 Å². The highest BCUT2D eigenvalue weighted by Crippen LogP contribution is 2.31. The Morgan fingerprint density at radius 2 is 1.77 bits per heavy atom. The van der Waals surface area contributed by atoms with Gasteiger partial charge in [0.1, 0.15) is 5.82 Å². The molecule has 1 aromatic heterocycles. The number of nitrogens with one attached hydrogen (secondary N) is 1. The summed E-state index contributed by atoms with van der Waals surface area (Å²) >= 11 is 6.24. The standard InChI is InChI=1S/C31H30ClFN2O4/c1-3-4-22(15-20-6-8-21(9-7-20)31(39)34-14-13-29(36)37)30(38)28-17-23-16-24(32)10-12-27(23)35(28)25-11-5-19(2)26(33)18-25/h5-12,16-18,22H,3-4,13-15H2,1-2H3,(H,34,39)(H,36,37). The quantitative estimate of drug-likeness (QED) is 0.202. The second kappa shape index (κ2) is 12.3. The normalized spacial score (nSPS) is 11.9. The van der Waals surface area contributed by atoms with E-state index in [4.69, 9.17) is 16.7 Å². The number of aryl methyl sites for hydroxylation is 1. The predicted molar refractivity (Wildman–Crippen MR) is 150 cm³/mol. The Morgan fingerprint density at radius 1 is 1.03 bits per heavy atom. The first kappa shape index (κ1) is 28.0. The maximum absolute atomic E-state index is 14.6. The molecular formula is C31H30ClFN2O4. The Kier molecular flexibility index (Phi) is 8.82. The summed E-state index contributed by atoms with van der Waals surface area (Å²) in [5.41, 5.74) is 3.63. The molecule has 0 saturated carbocycles. The van der Waals surface area contributed by atoms with Crippen LogP contribution in [-0.4, -0.2) is 33.9 Å². The van der Waals surface area contributed by atoms with E-state index in [1.807, 2.05) is 31.2 Å². The molecule has 0 spiro atoms. The SMILES string of the molecule is CCCC(Cc1ccc(C(=O)NCCC(=O)O)cc1)C(=O)c1cc2cc(Cl)ccc2n1-c1ccc(C)c(F)c1. The molecule has 1 heterocycles. The number of aliphatic carboxylic acids is 1. The topological polar surface area (TPSA) is 88.4 Å². The number of amides is 1. The van der Waals surface area contributed by atoms with Gasteiger partial charge in [-0.3, -0.25) is 14.4 Å². The zero-order chi connectivity index (χ0) is 28.1. The summed E-state index contributed by atoms with van der Waals surface area (Å²) < 4.78 is 16.3. The van der Waals surface area contributed by atoms with Crippen molar-refractivity contribution in [1.82, 2.24) is 9.88 Å². The van der Waals surface area contributed by atoms with Crippen LogP contribution < -0.4 is 5.32 Å². The van der Waals surface area contributed by atoms with E-state index in [1.165, 1.54) is 6.07 Å². The number of ketones is 1. The van der Waals surface area contributed by atoms with Crippen molar-refractivity contribution < 1.29 is 23.9 Å². The third kappa shape index (κ3) is 6.55. The van der Waals surface area contributed by atoms with Gasteiger partial charge in [0.2, 0.25) is 0 Å². The first-order valence-corrected chi connectivity index (χ1v) is 13.3. The van der Waals surface area contributed by atoms with Gasteiger partial charge in [0, 0.05) is 34.1 Å². The van der Waals surface area contributed by atoms with Crippen LogP contribution in [0.4, 0.5) is 4.39 Å². The second-order valence-electron chi connectivity index (χ2n) is 9.65. The van der Waals surface area contributed by atoms with Gasteiger partial charge in [-0.15, -0.1) is 0 Å². The van der Waals surface area contributed by atoms with Crippen molar-refractivity contribution in [2.45, 2.75) is 39.5 Å². The number of hydrogen-bond donors (Lipinski definition) is 2. The van der Waals surface area contributed by atoms with Crippen LogP contribution in [0.1, 0.15) is 58.2 Å². The van der Waals surface area contributed by atoms with Crippen molar-refractivity contribution in [3.63, 3.8) is 0 Å². The van der Waals surface area contributed by atoms with Gasteiger partial charge in [-0.25, -0.2) is 4.39 Å². The van der Waals surface area contributed by atoms with Crippen molar-refractivity contribution in [3.05, 3.63) is 100.0 Å². The van der Waals surface area contributed by atoms with Crippen LogP contribution in [0.2, 0.25) is 5.02 Å². The lowest BCUT2D eigenvalue weighted by molar-refractivity contribution is -0.136. The highest BCUT2D eigenvalue weighted by Gasteiger charge is 2.25. The van der Waals surface area contributed by atoms with Crippen LogP contribution in [0.25, 0.3) is 16.6 Å². The molecule has 0 saturated heterocycles. The molecule has 6 nitrogen and oxygen atoms in total. The first-order chi connectivity index (χ1) is 18.7. The molecule has 0 aliphatic rings. The smallest absolute Gasteiger partial charge is 0.305 e. The van der Waals surface area contributed by atoms with Gasteiger partial charge in [-0.05, 0) is 79.4 Å². The number of hydrogen-bond acceptors (Lipinski definition) is 3. The van der Waals surface area contributed by atoms with E-state index in [-0.39, 0.29) is 36.4 Å². The highest BCUT2D eigenvalue weighted by atomic mass is 35.5. The molecule has 0 aliphatic carbocycles. The maximum Gasteiger partial charge on any atom is 0.305 e. The molecule has 1 atom stereocenters. The summed E-state index contributed by atoms with van der Waals surface area (Å²) in [4.78, 5) is 37.0. The molecule has 1 unspecified atom stereocenters. The summed E-state index contributed by atoms with van der Waals surface area (Å²) in [7, 11) is 0. The molecule has 0 radical (unpaired) electrons. The highest BCUT2D eigenvalue weighted by molar-refractivity contribution is 6.31. The minimum Gasteiger partial charge on any atom is -0.481 e. The molecular weight excluding hydrogens is 519 g/mol. The Hall–Kier alpha value is -3.97. The molecule has 0 aliphatic heterocycles. The average Bonchev–Trinajstić information content (AvgIpc) is 3.28. The minimum absolute atomic E-state index is 0.0487. The average molecular weight is 549 g/mol. The molecule has 1 amide bonds. The molecule has 39 heavy (non-hydrogen) atoms. The summed E-state index contributed by atoms with van der Waals surface area (Å²) in [6.45, 7) is 3.77. The summed E-state index contributed by atoms with van der Waals surface area (Å²) in [5, 5.41) is 12.7. The molecule has 8 heteroatoms. The number of carbonyl (C=O) groups excluding carboxylic acids is 2. The number of Topliss-reactive ketones (excluding diaryl/α,β-unsaturated/α-hetero) is 1. The lowest BCUT2D eigenvalue weighted by Gasteiger charge is -2.18. The molecule has 0 fully saturated rings. The number of aromatic nitrogens is 1. The minimum atomic E-state index is -0.980. The van der Waals surface area contributed by atoms with Crippen LogP contribution in [0.15, 0.2) is 66.7 Å². The third-order valence-electron chi connectivity index (χ3n) is 6.76. The van der Waals surface area contributed by atoms with E-state index in [0.717, 1.165) is 22.9 Å². The fourth-order valence-electron chi connectivity index (χ4n) is 4.71. The monoisotopic (exact) mass is 548 g/mol. The van der Waals surface area contributed by atoms with Crippen LogP contribution in [0.3, 0.4) is 0 Å². The summed E-state index contributed by atoms with van der Waals surface area (Å²) in [5.74, 6) is -2.07. The zero-order valence-corrected chi connectivity index (χ0v) is 22.6.